The Labute approximate surface area is 124 Å². The zero-order chi connectivity index (χ0) is 14.0. The number of nitrogens with two attached hydrogens (primary N) is 1. The first-order valence-electron chi connectivity index (χ1n) is 6.50. The van der Waals surface area contributed by atoms with Crippen LogP contribution in [0.2, 0.25) is 0 Å². The van der Waals surface area contributed by atoms with Gasteiger partial charge in [-0.1, -0.05) is 57.9 Å². The minimum Gasteiger partial charge on any atom is -0.321 e. The maximum absolute atomic E-state index is 6.56. The van der Waals surface area contributed by atoms with Crippen LogP contribution in [0, 0.1) is 13.8 Å². The molecule has 1 unspecified atom stereocenters. The number of hydrogen-bond donors (Lipinski definition) is 1. The van der Waals surface area contributed by atoms with Crippen LogP contribution >= 0.6 is 15.9 Å². The summed E-state index contributed by atoms with van der Waals surface area (Å²) in [5, 5.41) is 0. The zero-order valence-corrected chi connectivity index (χ0v) is 13.3. The predicted octanol–water partition coefficient (Wildman–Crippen LogP) is 4.48. The maximum Gasteiger partial charge on any atom is 0.0433 e. The van der Waals surface area contributed by atoms with Gasteiger partial charge in [-0.3, -0.25) is 0 Å². The third-order valence-electron chi connectivity index (χ3n) is 3.55. The Morgan fingerprint density at radius 3 is 2.47 bits per heavy atom. The smallest absolute Gasteiger partial charge is 0.0433 e. The molecule has 0 saturated carbocycles. The molecule has 0 fully saturated rings. The molecule has 0 amide bonds. The van der Waals surface area contributed by atoms with Crippen molar-refractivity contribution in [1.29, 1.82) is 0 Å². The highest BCUT2D eigenvalue weighted by Crippen LogP contribution is 2.30. The quantitative estimate of drug-likeness (QED) is 0.887. The largest absolute Gasteiger partial charge is 0.321 e. The lowest BCUT2D eigenvalue weighted by molar-refractivity contribution is 0.488. The van der Waals surface area contributed by atoms with Crippen molar-refractivity contribution in [2.24, 2.45) is 5.73 Å². The lowest BCUT2D eigenvalue weighted by atomic mass is 9.85. The highest BCUT2D eigenvalue weighted by molar-refractivity contribution is 9.10. The van der Waals surface area contributed by atoms with Crippen LogP contribution in [-0.2, 0) is 12.0 Å². The topological polar surface area (TPSA) is 26.0 Å². The van der Waals surface area contributed by atoms with Gasteiger partial charge in [0.1, 0.15) is 0 Å². The number of halogens is 1. The van der Waals surface area contributed by atoms with Crippen LogP contribution in [0.4, 0.5) is 0 Å². The van der Waals surface area contributed by atoms with Gasteiger partial charge in [0.05, 0.1) is 0 Å². The maximum atomic E-state index is 6.56. The Kier molecular flexibility index (Phi) is 4.12. The van der Waals surface area contributed by atoms with Crippen LogP contribution in [0.5, 0.6) is 0 Å². The molecule has 2 rings (SSSR count). The van der Waals surface area contributed by atoms with Gasteiger partial charge in [0, 0.05) is 10.0 Å². The van der Waals surface area contributed by atoms with E-state index in [0.717, 1.165) is 16.5 Å². The lowest BCUT2D eigenvalue weighted by Gasteiger charge is -2.27. The van der Waals surface area contributed by atoms with Gasteiger partial charge < -0.3 is 5.73 Å². The van der Waals surface area contributed by atoms with Gasteiger partial charge in [0.25, 0.3) is 0 Å². The third-order valence-corrected chi connectivity index (χ3v) is 4.24. The second kappa shape index (κ2) is 5.48. The first-order valence-corrected chi connectivity index (χ1v) is 7.29. The first kappa shape index (κ1) is 14.3. The van der Waals surface area contributed by atoms with E-state index >= 15 is 0 Å². The Bertz CT molecular complexity index is 588. The second-order valence-electron chi connectivity index (χ2n) is 5.50. The van der Waals surface area contributed by atoms with Gasteiger partial charge in [0.2, 0.25) is 0 Å². The van der Waals surface area contributed by atoms with Crippen LogP contribution < -0.4 is 5.73 Å². The molecule has 0 aromatic heterocycles. The van der Waals surface area contributed by atoms with E-state index in [1.165, 1.54) is 16.7 Å². The van der Waals surface area contributed by atoms with Gasteiger partial charge in [-0.05, 0) is 49.9 Å². The molecule has 19 heavy (non-hydrogen) atoms. The van der Waals surface area contributed by atoms with Crippen LogP contribution in [-0.4, -0.2) is 0 Å². The molecule has 0 saturated heterocycles. The SMILES string of the molecule is Cc1ccc(C)c(CC(C)(N)c2ccccc2Br)c1. The number of aryl methyl sites for hydroxylation is 2. The molecule has 1 atom stereocenters. The Morgan fingerprint density at radius 1 is 1.11 bits per heavy atom. The molecule has 100 valence electrons. The van der Waals surface area contributed by atoms with Crippen molar-refractivity contribution in [1.82, 2.24) is 0 Å². The van der Waals surface area contributed by atoms with Gasteiger partial charge in [-0.15, -0.1) is 0 Å². The third kappa shape index (κ3) is 3.26. The molecule has 0 spiro atoms. The summed E-state index contributed by atoms with van der Waals surface area (Å²) in [6.45, 7) is 6.36. The molecular formula is C17H20BrN. The standard InChI is InChI=1S/C17H20BrN/c1-12-8-9-13(2)14(10-12)11-17(3,19)15-6-4-5-7-16(15)18/h4-10H,11,19H2,1-3H3. The van der Waals surface area contributed by atoms with E-state index in [0.29, 0.717) is 0 Å². The minimum atomic E-state index is -0.376. The summed E-state index contributed by atoms with van der Waals surface area (Å²) < 4.78 is 1.07. The average molecular weight is 318 g/mol. The predicted molar refractivity (Wildman–Crippen MR) is 85.3 cm³/mol. The van der Waals surface area contributed by atoms with Gasteiger partial charge in [-0.2, -0.15) is 0 Å². The highest BCUT2D eigenvalue weighted by Gasteiger charge is 2.24. The molecule has 0 aliphatic heterocycles. The van der Waals surface area contributed by atoms with Crippen LogP contribution in [0.1, 0.15) is 29.2 Å². The summed E-state index contributed by atoms with van der Waals surface area (Å²) >= 11 is 3.60. The van der Waals surface area contributed by atoms with E-state index < -0.39 is 0 Å². The van der Waals surface area contributed by atoms with Crippen molar-refractivity contribution in [3.63, 3.8) is 0 Å². The molecular weight excluding hydrogens is 298 g/mol. The molecule has 2 aromatic carbocycles. The molecule has 0 radical (unpaired) electrons. The summed E-state index contributed by atoms with van der Waals surface area (Å²) in [6, 6.07) is 14.7. The Hall–Kier alpha value is -1.12. The molecule has 0 aliphatic rings. The summed E-state index contributed by atoms with van der Waals surface area (Å²) in [4.78, 5) is 0. The highest BCUT2D eigenvalue weighted by atomic mass is 79.9. The van der Waals surface area contributed by atoms with Crippen molar-refractivity contribution < 1.29 is 0 Å². The normalized spacial score (nSPS) is 14.2. The van der Waals surface area contributed by atoms with E-state index in [1.54, 1.807) is 0 Å². The number of rotatable bonds is 3. The van der Waals surface area contributed by atoms with Gasteiger partial charge in [-0.25, -0.2) is 0 Å². The fourth-order valence-corrected chi connectivity index (χ4v) is 3.14. The molecule has 1 nitrogen and oxygen atoms in total. The molecule has 2 aromatic rings. The minimum absolute atomic E-state index is 0.376. The van der Waals surface area contributed by atoms with Crippen LogP contribution in [0.25, 0.3) is 0 Å². The molecule has 2 heteroatoms. The lowest BCUT2D eigenvalue weighted by Crippen LogP contribution is -2.36. The van der Waals surface area contributed by atoms with Crippen LogP contribution in [0.3, 0.4) is 0 Å². The monoisotopic (exact) mass is 317 g/mol. The zero-order valence-electron chi connectivity index (χ0n) is 11.7. The van der Waals surface area contributed by atoms with Gasteiger partial charge >= 0.3 is 0 Å². The van der Waals surface area contributed by atoms with Gasteiger partial charge in [0.15, 0.2) is 0 Å². The van der Waals surface area contributed by atoms with Crippen molar-refractivity contribution in [2.75, 3.05) is 0 Å². The summed E-state index contributed by atoms with van der Waals surface area (Å²) in [7, 11) is 0. The number of hydrogen-bond acceptors (Lipinski definition) is 1. The molecule has 0 heterocycles. The number of benzene rings is 2. The fraction of sp³-hybridized carbons (Fsp3) is 0.294. The van der Waals surface area contributed by atoms with E-state index in [2.05, 4.69) is 61.0 Å². The Morgan fingerprint density at radius 2 is 1.79 bits per heavy atom. The molecule has 2 N–H and O–H groups in total. The van der Waals surface area contributed by atoms with Crippen molar-refractivity contribution in [3.05, 3.63) is 69.2 Å². The van der Waals surface area contributed by atoms with Crippen LogP contribution in [0.15, 0.2) is 46.9 Å². The molecule has 0 aliphatic carbocycles. The Balaban J connectivity index is 2.36. The van der Waals surface area contributed by atoms with Crippen molar-refractivity contribution in [3.8, 4) is 0 Å². The van der Waals surface area contributed by atoms with E-state index in [9.17, 15) is 0 Å². The van der Waals surface area contributed by atoms with E-state index in [-0.39, 0.29) is 5.54 Å². The van der Waals surface area contributed by atoms with E-state index in [4.69, 9.17) is 5.73 Å². The van der Waals surface area contributed by atoms with E-state index in [1.807, 2.05) is 18.2 Å². The molecule has 0 bridgehead atoms. The summed E-state index contributed by atoms with van der Waals surface area (Å²) in [5.74, 6) is 0. The summed E-state index contributed by atoms with van der Waals surface area (Å²) in [5.41, 5.74) is 11.2. The average Bonchev–Trinajstić information content (AvgIpc) is 2.34. The summed E-state index contributed by atoms with van der Waals surface area (Å²) in [6.07, 6.45) is 0.836. The fourth-order valence-electron chi connectivity index (χ4n) is 2.41. The van der Waals surface area contributed by atoms with Crippen molar-refractivity contribution >= 4 is 15.9 Å². The van der Waals surface area contributed by atoms with Crippen molar-refractivity contribution in [2.45, 2.75) is 32.7 Å². The second-order valence-corrected chi connectivity index (χ2v) is 6.36. The first-order chi connectivity index (χ1) is 8.90.